The lowest BCUT2D eigenvalue weighted by Gasteiger charge is -2.09. The van der Waals surface area contributed by atoms with Crippen molar-refractivity contribution in [1.29, 1.82) is 0 Å². The molecule has 1 heterocycles. The number of esters is 1. The van der Waals surface area contributed by atoms with Crippen LogP contribution in [0, 0.1) is 5.92 Å². The van der Waals surface area contributed by atoms with Crippen molar-refractivity contribution in [2.24, 2.45) is 5.92 Å². The lowest BCUT2D eigenvalue weighted by Crippen LogP contribution is -2.09. The quantitative estimate of drug-likeness (QED) is 0.155. The molecule has 176 valence electrons. The zero-order valence-corrected chi connectivity index (χ0v) is 20.1. The van der Waals surface area contributed by atoms with E-state index >= 15 is 0 Å². The largest absolute Gasteiger partial charge is 0.490 e. The predicted molar refractivity (Wildman–Crippen MR) is 130 cm³/mol. The standard InChI is InChI=1S/C27H40N2O3/c1-4-6-7-8-9-10-11-12-19-31-25-20-28-27(29-21-25)23-14-16-24(17-15-23)32-26(30)18-13-22(3)5-2/h14-17,20-22H,4-13,18-19H2,1-3H3. The average Bonchev–Trinajstić information content (AvgIpc) is 2.82. The molecule has 5 heteroatoms. The van der Waals surface area contributed by atoms with Crippen molar-refractivity contribution in [2.75, 3.05) is 6.61 Å². The van der Waals surface area contributed by atoms with Gasteiger partial charge < -0.3 is 9.47 Å². The van der Waals surface area contributed by atoms with Crippen LogP contribution >= 0.6 is 0 Å². The van der Waals surface area contributed by atoms with Gasteiger partial charge in [-0.05, 0) is 43.0 Å². The van der Waals surface area contributed by atoms with E-state index in [4.69, 9.17) is 9.47 Å². The SMILES string of the molecule is CCCCCCCCCCOc1cnc(-c2ccc(OC(=O)CCC(C)CC)cc2)nc1. The van der Waals surface area contributed by atoms with Crippen LogP contribution in [-0.2, 0) is 4.79 Å². The first-order valence-electron chi connectivity index (χ1n) is 12.4. The van der Waals surface area contributed by atoms with Gasteiger partial charge >= 0.3 is 5.97 Å². The number of benzene rings is 1. The fourth-order valence-electron chi connectivity index (χ4n) is 3.39. The highest BCUT2D eigenvalue weighted by molar-refractivity contribution is 5.72. The van der Waals surface area contributed by atoms with Gasteiger partial charge in [0.2, 0.25) is 0 Å². The summed E-state index contributed by atoms with van der Waals surface area (Å²) in [6.07, 6.45) is 16.1. The number of ether oxygens (including phenoxy) is 2. The van der Waals surface area contributed by atoms with Crippen LogP contribution in [0.15, 0.2) is 36.7 Å². The van der Waals surface area contributed by atoms with Gasteiger partial charge in [-0.15, -0.1) is 0 Å². The molecule has 1 aromatic carbocycles. The van der Waals surface area contributed by atoms with E-state index in [9.17, 15) is 4.79 Å². The second kappa shape index (κ2) is 15.4. The molecule has 1 aromatic heterocycles. The van der Waals surface area contributed by atoms with Gasteiger partial charge in [-0.3, -0.25) is 4.79 Å². The molecule has 0 aliphatic carbocycles. The summed E-state index contributed by atoms with van der Waals surface area (Å²) in [7, 11) is 0. The van der Waals surface area contributed by atoms with Gasteiger partial charge in [0, 0.05) is 12.0 Å². The van der Waals surface area contributed by atoms with E-state index in [1.165, 1.54) is 44.9 Å². The minimum Gasteiger partial charge on any atom is -0.490 e. The van der Waals surface area contributed by atoms with Crippen molar-refractivity contribution in [1.82, 2.24) is 9.97 Å². The van der Waals surface area contributed by atoms with E-state index in [1.54, 1.807) is 24.5 Å². The molecule has 2 rings (SSSR count). The topological polar surface area (TPSA) is 61.3 Å². The van der Waals surface area contributed by atoms with Gasteiger partial charge in [0.25, 0.3) is 0 Å². The third kappa shape index (κ3) is 10.3. The maximum Gasteiger partial charge on any atom is 0.311 e. The van der Waals surface area contributed by atoms with Crippen LogP contribution < -0.4 is 9.47 Å². The molecule has 0 aliphatic heterocycles. The summed E-state index contributed by atoms with van der Waals surface area (Å²) >= 11 is 0. The maximum atomic E-state index is 12.0. The summed E-state index contributed by atoms with van der Waals surface area (Å²) in [5.41, 5.74) is 0.874. The van der Waals surface area contributed by atoms with Gasteiger partial charge in [0.05, 0.1) is 19.0 Å². The Morgan fingerprint density at radius 2 is 1.50 bits per heavy atom. The second-order valence-electron chi connectivity index (χ2n) is 8.62. The molecule has 0 bridgehead atoms. The summed E-state index contributed by atoms with van der Waals surface area (Å²) in [5.74, 6) is 2.22. The Morgan fingerprint density at radius 3 is 2.12 bits per heavy atom. The Hall–Kier alpha value is -2.43. The molecule has 5 nitrogen and oxygen atoms in total. The van der Waals surface area contributed by atoms with E-state index in [2.05, 4.69) is 30.7 Å². The molecule has 0 saturated heterocycles. The molecule has 0 spiro atoms. The van der Waals surface area contributed by atoms with Crippen LogP contribution in [0.1, 0.15) is 91.4 Å². The zero-order chi connectivity index (χ0) is 23.0. The lowest BCUT2D eigenvalue weighted by atomic mass is 10.0. The minimum atomic E-state index is -0.188. The number of nitrogens with zero attached hydrogens (tertiary/aromatic N) is 2. The fourth-order valence-corrected chi connectivity index (χ4v) is 3.39. The number of hydrogen-bond donors (Lipinski definition) is 0. The normalized spacial score (nSPS) is 11.8. The van der Waals surface area contributed by atoms with E-state index in [1.807, 2.05) is 12.1 Å². The number of unbranched alkanes of at least 4 members (excludes halogenated alkanes) is 7. The fraction of sp³-hybridized carbons (Fsp3) is 0.593. The highest BCUT2D eigenvalue weighted by atomic mass is 16.5. The first-order valence-corrected chi connectivity index (χ1v) is 12.4. The molecule has 0 amide bonds. The van der Waals surface area contributed by atoms with Gasteiger partial charge in [-0.1, -0.05) is 72.1 Å². The van der Waals surface area contributed by atoms with Gasteiger partial charge in [0.1, 0.15) is 5.75 Å². The molecule has 0 fully saturated rings. The first-order chi connectivity index (χ1) is 15.6. The summed E-state index contributed by atoms with van der Waals surface area (Å²) < 4.78 is 11.2. The third-order valence-electron chi connectivity index (χ3n) is 5.78. The van der Waals surface area contributed by atoms with Crippen LogP contribution in [0.4, 0.5) is 0 Å². The molecule has 32 heavy (non-hydrogen) atoms. The van der Waals surface area contributed by atoms with Crippen LogP contribution in [0.5, 0.6) is 11.5 Å². The second-order valence-corrected chi connectivity index (χ2v) is 8.62. The van der Waals surface area contributed by atoms with E-state index in [0.29, 0.717) is 36.3 Å². The number of carbonyl (C=O) groups is 1. The lowest BCUT2D eigenvalue weighted by molar-refractivity contribution is -0.134. The predicted octanol–water partition coefficient (Wildman–Crippen LogP) is 7.39. The number of rotatable bonds is 16. The van der Waals surface area contributed by atoms with Crippen molar-refractivity contribution < 1.29 is 14.3 Å². The van der Waals surface area contributed by atoms with Crippen LogP contribution in [-0.4, -0.2) is 22.5 Å². The monoisotopic (exact) mass is 440 g/mol. The molecule has 0 aliphatic rings. The van der Waals surface area contributed by atoms with Crippen LogP contribution in [0.3, 0.4) is 0 Å². The first kappa shape index (κ1) is 25.8. The molecule has 0 N–H and O–H groups in total. The third-order valence-corrected chi connectivity index (χ3v) is 5.78. The molecule has 1 unspecified atom stereocenters. The summed E-state index contributed by atoms with van der Waals surface area (Å²) in [6.45, 7) is 7.23. The molecule has 1 atom stereocenters. The van der Waals surface area contributed by atoms with Crippen LogP contribution in [0.25, 0.3) is 11.4 Å². The highest BCUT2D eigenvalue weighted by Gasteiger charge is 2.09. The van der Waals surface area contributed by atoms with Gasteiger partial charge in [-0.25, -0.2) is 9.97 Å². The molecule has 0 saturated carbocycles. The molecule has 2 aromatic rings. The Bertz CT molecular complexity index is 759. The molecular formula is C27H40N2O3. The van der Waals surface area contributed by atoms with Crippen molar-refractivity contribution >= 4 is 5.97 Å². The highest BCUT2D eigenvalue weighted by Crippen LogP contribution is 2.21. The zero-order valence-electron chi connectivity index (χ0n) is 20.1. The van der Waals surface area contributed by atoms with Crippen molar-refractivity contribution in [3.63, 3.8) is 0 Å². The minimum absolute atomic E-state index is 0.188. The van der Waals surface area contributed by atoms with Crippen molar-refractivity contribution in [3.05, 3.63) is 36.7 Å². The van der Waals surface area contributed by atoms with Gasteiger partial charge in [-0.2, -0.15) is 0 Å². The number of carbonyl (C=O) groups excluding carboxylic acids is 1. The summed E-state index contributed by atoms with van der Waals surface area (Å²) in [5, 5.41) is 0. The van der Waals surface area contributed by atoms with Crippen molar-refractivity contribution in [3.8, 4) is 22.9 Å². The summed E-state index contributed by atoms with van der Waals surface area (Å²) in [4.78, 5) is 20.8. The van der Waals surface area contributed by atoms with E-state index in [-0.39, 0.29) is 5.97 Å². The average molecular weight is 441 g/mol. The smallest absolute Gasteiger partial charge is 0.311 e. The van der Waals surface area contributed by atoms with Crippen molar-refractivity contribution in [2.45, 2.75) is 91.4 Å². The van der Waals surface area contributed by atoms with Gasteiger partial charge in [0.15, 0.2) is 11.6 Å². The Balaban J connectivity index is 1.69. The number of hydrogen-bond acceptors (Lipinski definition) is 5. The number of aromatic nitrogens is 2. The Kier molecular flexibility index (Phi) is 12.4. The Morgan fingerprint density at radius 1 is 0.875 bits per heavy atom. The van der Waals surface area contributed by atoms with E-state index < -0.39 is 0 Å². The molecule has 0 radical (unpaired) electrons. The van der Waals surface area contributed by atoms with E-state index in [0.717, 1.165) is 24.8 Å². The Labute approximate surface area is 194 Å². The maximum absolute atomic E-state index is 12.0. The molecular weight excluding hydrogens is 400 g/mol. The van der Waals surface area contributed by atoms with Crippen LogP contribution in [0.2, 0.25) is 0 Å². The summed E-state index contributed by atoms with van der Waals surface area (Å²) in [6, 6.07) is 7.31.